The Morgan fingerprint density at radius 2 is 2.04 bits per heavy atom. The molecule has 2 unspecified atom stereocenters. The number of benzene rings is 1. The molecule has 8 heteroatoms. The summed E-state index contributed by atoms with van der Waals surface area (Å²) in [5.74, 6) is 0.985. The number of fused-ring (bicyclic) bond motifs is 1. The molecule has 134 valence electrons. The van der Waals surface area contributed by atoms with Crippen LogP contribution in [0.4, 0.5) is 4.79 Å². The molecule has 0 spiro atoms. The molecule has 1 aliphatic carbocycles. The van der Waals surface area contributed by atoms with Gasteiger partial charge in [0.1, 0.15) is 16.6 Å². The number of alkyl carbamates (subject to hydrolysis) is 1. The van der Waals surface area contributed by atoms with Crippen LogP contribution in [0.5, 0.6) is 0 Å². The van der Waals surface area contributed by atoms with Crippen molar-refractivity contribution in [3.8, 4) is 0 Å². The quantitative estimate of drug-likeness (QED) is 0.832. The van der Waals surface area contributed by atoms with E-state index in [2.05, 4.69) is 20.8 Å². The molecular formula is C17H21ClN4O2S. The Hall–Kier alpha value is -1.70. The lowest BCUT2D eigenvalue weighted by molar-refractivity contribution is 0.128. The van der Waals surface area contributed by atoms with Crippen molar-refractivity contribution in [3.05, 3.63) is 45.9 Å². The fourth-order valence-electron chi connectivity index (χ4n) is 3.73. The maximum absolute atomic E-state index is 12.1. The summed E-state index contributed by atoms with van der Waals surface area (Å²) in [6.07, 6.45) is -0.377. The minimum absolute atomic E-state index is 0. The second-order valence-electron chi connectivity index (χ2n) is 6.45. The number of hydrogen-bond donors (Lipinski definition) is 2. The van der Waals surface area contributed by atoms with Crippen molar-refractivity contribution in [2.75, 3.05) is 19.7 Å². The Morgan fingerprint density at radius 3 is 2.68 bits per heavy atom. The minimum atomic E-state index is -0.377. The van der Waals surface area contributed by atoms with Crippen LogP contribution < -0.4 is 10.6 Å². The number of amides is 1. The lowest BCUT2D eigenvalue weighted by Gasteiger charge is -2.18. The first-order valence-electron chi connectivity index (χ1n) is 8.16. The van der Waals surface area contributed by atoms with Gasteiger partial charge >= 0.3 is 6.09 Å². The molecule has 6 nitrogen and oxygen atoms in total. The molecule has 1 saturated heterocycles. The predicted octanol–water partition coefficient (Wildman–Crippen LogP) is 2.28. The van der Waals surface area contributed by atoms with E-state index >= 15 is 0 Å². The number of rotatable bonds is 5. The van der Waals surface area contributed by atoms with Crippen molar-refractivity contribution in [1.82, 2.24) is 20.8 Å². The zero-order valence-corrected chi connectivity index (χ0v) is 15.5. The third-order valence-electron chi connectivity index (χ3n) is 5.07. The molecule has 25 heavy (non-hydrogen) atoms. The highest BCUT2D eigenvalue weighted by molar-refractivity contribution is 7.11. The molecule has 2 N–H and O–H groups in total. The van der Waals surface area contributed by atoms with Gasteiger partial charge in [-0.3, -0.25) is 0 Å². The lowest BCUT2D eigenvalue weighted by atomic mass is 10.0. The van der Waals surface area contributed by atoms with Crippen LogP contribution in [0.15, 0.2) is 30.3 Å². The van der Waals surface area contributed by atoms with Crippen molar-refractivity contribution in [3.63, 3.8) is 0 Å². The Kier molecular flexibility index (Phi) is 5.27. The molecular weight excluding hydrogens is 360 g/mol. The molecule has 1 saturated carbocycles. The van der Waals surface area contributed by atoms with E-state index in [1.54, 1.807) is 11.3 Å². The normalized spacial score (nSPS) is 26.4. The van der Waals surface area contributed by atoms with Crippen LogP contribution in [-0.2, 0) is 16.7 Å². The highest BCUT2D eigenvalue weighted by Gasteiger charge is 2.69. The third-order valence-corrected chi connectivity index (χ3v) is 6.11. The van der Waals surface area contributed by atoms with Gasteiger partial charge in [-0.25, -0.2) is 4.79 Å². The number of aromatic nitrogens is 2. The number of aryl methyl sites for hydroxylation is 1. The van der Waals surface area contributed by atoms with Crippen molar-refractivity contribution in [2.45, 2.75) is 18.9 Å². The van der Waals surface area contributed by atoms with Gasteiger partial charge in [-0.05, 0) is 37.4 Å². The first-order valence-corrected chi connectivity index (χ1v) is 8.97. The molecule has 2 heterocycles. The van der Waals surface area contributed by atoms with E-state index in [0.29, 0.717) is 25.0 Å². The number of piperidine rings is 1. The van der Waals surface area contributed by atoms with Gasteiger partial charge in [0.15, 0.2) is 0 Å². The van der Waals surface area contributed by atoms with Crippen LogP contribution in [0.3, 0.4) is 0 Å². The van der Waals surface area contributed by atoms with E-state index in [1.165, 1.54) is 0 Å². The Balaban J connectivity index is 0.00000182. The molecule has 1 amide bonds. The first-order chi connectivity index (χ1) is 11.7. The van der Waals surface area contributed by atoms with Crippen LogP contribution in [-0.4, -0.2) is 36.0 Å². The summed E-state index contributed by atoms with van der Waals surface area (Å²) in [6.45, 7) is 4.72. The minimum Gasteiger partial charge on any atom is -0.448 e. The molecule has 4 rings (SSSR count). The third kappa shape index (κ3) is 3.36. The van der Waals surface area contributed by atoms with E-state index < -0.39 is 0 Å². The fourth-order valence-corrected chi connectivity index (χ4v) is 4.73. The average Bonchev–Trinajstić information content (AvgIpc) is 2.99. The zero-order valence-electron chi connectivity index (χ0n) is 13.9. The number of carbonyl (C=O) groups excluding carboxylic acids is 1. The second-order valence-corrected chi connectivity index (χ2v) is 7.63. The van der Waals surface area contributed by atoms with E-state index in [0.717, 1.165) is 28.7 Å². The summed E-state index contributed by atoms with van der Waals surface area (Å²) in [4.78, 5) is 12.1. The lowest BCUT2D eigenvalue weighted by Crippen LogP contribution is -2.33. The van der Waals surface area contributed by atoms with E-state index in [4.69, 9.17) is 4.74 Å². The van der Waals surface area contributed by atoms with Crippen molar-refractivity contribution >= 4 is 29.8 Å². The Bertz CT molecular complexity index is 729. The van der Waals surface area contributed by atoms with Crippen LogP contribution in [0.1, 0.15) is 15.6 Å². The topological polar surface area (TPSA) is 76.1 Å². The predicted molar refractivity (Wildman–Crippen MR) is 98.1 cm³/mol. The molecule has 2 aromatic rings. The number of nitrogens with one attached hydrogen (secondary N) is 2. The number of hydrogen-bond acceptors (Lipinski definition) is 6. The van der Waals surface area contributed by atoms with Crippen LogP contribution >= 0.6 is 23.7 Å². The van der Waals surface area contributed by atoms with Gasteiger partial charge in [0.25, 0.3) is 0 Å². The van der Waals surface area contributed by atoms with Gasteiger partial charge in [-0.2, -0.15) is 0 Å². The summed E-state index contributed by atoms with van der Waals surface area (Å²) >= 11 is 1.61. The number of ether oxygens (including phenoxy) is 1. The van der Waals surface area contributed by atoms with E-state index in [-0.39, 0.29) is 23.9 Å². The summed E-state index contributed by atoms with van der Waals surface area (Å²) in [5.41, 5.74) is 0.915. The van der Waals surface area contributed by atoms with Crippen LogP contribution in [0.2, 0.25) is 0 Å². The first kappa shape index (κ1) is 18.1. The monoisotopic (exact) mass is 380 g/mol. The molecule has 2 fully saturated rings. The number of carbonyl (C=O) groups is 1. The van der Waals surface area contributed by atoms with Crippen LogP contribution in [0.25, 0.3) is 0 Å². The Morgan fingerprint density at radius 1 is 1.32 bits per heavy atom. The SMILES string of the molecule is Cc1nnc(C2(COC(=O)NCc3ccccc3)C3CNCC32)s1.Cl. The number of nitrogens with zero attached hydrogens (tertiary/aromatic N) is 2. The Labute approximate surface area is 156 Å². The molecule has 0 bridgehead atoms. The van der Waals surface area contributed by atoms with Gasteiger partial charge in [0, 0.05) is 6.54 Å². The smallest absolute Gasteiger partial charge is 0.407 e. The van der Waals surface area contributed by atoms with E-state index in [1.807, 2.05) is 37.3 Å². The summed E-state index contributed by atoms with van der Waals surface area (Å²) < 4.78 is 5.55. The molecule has 0 radical (unpaired) electrons. The highest BCUT2D eigenvalue weighted by atomic mass is 35.5. The standard InChI is InChI=1S/C17H20N4O2S.ClH/c1-11-20-21-15(24-11)17(13-8-18-9-14(13)17)10-23-16(22)19-7-12-5-3-2-4-6-12;/h2-6,13-14,18H,7-10H2,1H3,(H,19,22);1H. The summed E-state index contributed by atoms with van der Waals surface area (Å²) in [7, 11) is 0. The molecule has 1 aromatic heterocycles. The largest absolute Gasteiger partial charge is 0.448 e. The van der Waals surface area contributed by atoms with Gasteiger partial charge in [-0.1, -0.05) is 30.3 Å². The molecule has 1 aromatic carbocycles. The molecule has 2 atom stereocenters. The molecule has 1 aliphatic heterocycles. The second kappa shape index (κ2) is 7.27. The number of halogens is 1. The zero-order chi connectivity index (χ0) is 16.6. The highest BCUT2D eigenvalue weighted by Crippen LogP contribution is 2.62. The average molecular weight is 381 g/mol. The maximum Gasteiger partial charge on any atom is 0.407 e. The van der Waals surface area contributed by atoms with Crippen molar-refractivity contribution in [2.24, 2.45) is 11.8 Å². The van der Waals surface area contributed by atoms with Gasteiger partial charge < -0.3 is 15.4 Å². The summed E-state index contributed by atoms with van der Waals surface area (Å²) in [6, 6.07) is 9.81. The van der Waals surface area contributed by atoms with Gasteiger partial charge in [0.2, 0.25) is 0 Å². The molecule has 2 aliphatic rings. The fraction of sp³-hybridized carbons (Fsp3) is 0.471. The van der Waals surface area contributed by atoms with Crippen molar-refractivity contribution in [1.29, 1.82) is 0 Å². The van der Waals surface area contributed by atoms with Gasteiger partial charge in [0.05, 0.1) is 5.41 Å². The van der Waals surface area contributed by atoms with Gasteiger partial charge in [-0.15, -0.1) is 33.9 Å². The maximum atomic E-state index is 12.1. The van der Waals surface area contributed by atoms with Crippen molar-refractivity contribution < 1.29 is 9.53 Å². The van der Waals surface area contributed by atoms with E-state index in [9.17, 15) is 4.79 Å². The summed E-state index contributed by atoms with van der Waals surface area (Å²) in [5, 5.41) is 16.6. The van der Waals surface area contributed by atoms with Crippen LogP contribution in [0, 0.1) is 18.8 Å².